The number of aryl methyl sites for hydroxylation is 1. The topological polar surface area (TPSA) is 81.2 Å². The summed E-state index contributed by atoms with van der Waals surface area (Å²) in [4.78, 5) is 8.04. The summed E-state index contributed by atoms with van der Waals surface area (Å²) < 4.78 is 33.1. The van der Waals surface area contributed by atoms with Crippen molar-refractivity contribution >= 4 is 38.9 Å². The van der Waals surface area contributed by atoms with E-state index in [2.05, 4.69) is 14.7 Å². The second-order valence-corrected chi connectivity index (χ2v) is 8.09. The molecule has 3 rings (SSSR count). The molecule has 0 amide bonds. The summed E-state index contributed by atoms with van der Waals surface area (Å²) in [6.07, 6.45) is 2.87. The largest absolute Gasteiger partial charge is 0.486 e. The molecule has 0 aliphatic rings. The van der Waals surface area contributed by atoms with Gasteiger partial charge in [-0.05, 0) is 48.9 Å². The van der Waals surface area contributed by atoms with E-state index in [1.54, 1.807) is 25.3 Å². The monoisotopic (exact) mass is 423 g/mol. The number of pyridine rings is 2. The Morgan fingerprint density at radius 1 is 1.11 bits per heavy atom. The van der Waals surface area contributed by atoms with Gasteiger partial charge in [0.05, 0.1) is 16.4 Å². The van der Waals surface area contributed by atoms with Crippen molar-refractivity contribution < 1.29 is 13.2 Å². The first kappa shape index (κ1) is 19.4. The fourth-order valence-electron chi connectivity index (χ4n) is 2.21. The van der Waals surface area contributed by atoms with Crippen molar-refractivity contribution in [1.82, 2.24) is 9.97 Å². The zero-order valence-corrected chi connectivity index (χ0v) is 16.5. The van der Waals surface area contributed by atoms with Gasteiger partial charge in [-0.15, -0.1) is 0 Å². The molecule has 1 N–H and O–H groups in total. The molecular weight excluding hydrogens is 409 g/mol. The molecule has 9 heteroatoms. The fourth-order valence-corrected chi connectivity index (χ4v) is 3.63. The van der Waals surface area contributed by atoms with Crippen molar-refractivity contribution in [3.8, 4) is 5.75 Å². The van der Waals surface area contributed by atoms with E-state index in [0.717, 1.165) is 5.69 Å². The quantitative estimate of drug-likeness (QED) is 0.591. The van der Waals surface area contributed by atoms with Crippen LogP contribution in [0.15, 0.2) is 59.8 Å². The van der Waals surface area contributed by atoms with Crippen LogP contribution in [0.25, 0.3) is 0 Å². The van der Waals surface area contributed by atoms with Gasteiger partial charge in [0.25, 0.3) is 10.0 Å². The molecule has 0 aliphatic heterocycles. The lowest BCUT2D eigenvalue weighted by Gasteiger charge is -2.12. The summed E-state index contributed by atoms with van der Waals surface area (Å²) in [7, 11) is -3.82. The number of hydrogen-bond acceptors (Lipinski definition) is 5. The molecule has 1 aromatic carbocycles. The van der Waals surface area contributed by atoms with Crippen LogP contribution >= 0.6 is 23.2 Å². The molecular formula is C18H15Cl2N3O3S. The minimum Gasteiger partial charge on any atom is -0.486 e. The van der Waals surface area contributed by atoms with Gasteiger partial charge in [-0.1, -0.05) is 29.3 Å². The zero-order chi connectivity index (χ0) is 19.4. The van der Waals surface area contributed by atoms with Crippen molar-refractivity contribution in [2.24, 2.45) is 0 Å². The Morgan fingerprint density at radius 2 is 1.93 bits per heavy atom. The van der Waals surface area contributed by atoms with Crippen molar-refractivity contribution in [1.29, 1.82) is 0 Å². The van der Waals surface area contributed by atoms with E-state index < -0.39 is 10.0 Å². The number of nitrogens with one attached hydrogen (secondary N) is 1. The number of halogens is 2. The first-order valence-corrected chi connectivity index (χ1v) is 10.1. The summed E-state index contributed by atoms with van der Waals surface area (Å²) in [5, 5.41) is 0.531. The Labute approximate surface area is 167 Å². The first-order valence-electron chi connectivity index (χ1n) is 7.82. The molecule has 0 saturated heterocycles. The normalized spacial score (nSPS) is 11.2. The van der Waals surface area contributed by atoms with Crippen LogP contribution in [0, 0.1) is 6.92 Å². The minimum absolute atomic E-state index is 0.0102. The number of rotatable bonds is 6. The fraction of sp³-hybridized carbons (Fsp3) is 0.111. The summed E-state index contributed by atoms with van der Waals surface area (Å²) in [5.41, 5.74) is 1.62. The van der Waals surface area contributed by atoms with Crippen LogP contribution < -0.4 is 9.46 Å². The van der Waals surface area contributed by atoms with Crippen molar-refractivity contribution in [3.05, 3.63) is 76.3 Å². The molecule has 0 fully saturated rings. The number of benzene rings is 1. The van der Waals surface area contributed by atoms with Crippen LogP contribution in [-0.2, 0) is 16.6 Å². The van der Waals surface area contributed by atoms with Crippen LogP contribution in [0.2, 0.25) is 10.2 Å². The SMILES string of the molecule is Cc1cc(S(=O)(=O)Nc2ccc(OCc3ccccn3)c(Cl)c2)cnc1Cl. The number of aromatic nitrogens is 2. The Hall–Kier alpha value is -2.35. The lowest BCUT2D eigenvalue weighted by Crippen LogP contribution is -2.13. The Balaban J connectivity index is 1.74. The smallest absolute Gasteiger partial charge is 0.263 e. The number of sulfonamides is 1. The van der Waals surface area contributed by atoms with E-state index in [0.29, 0.717) is 17.0 Å². The van der Waals surface area contributed by atoms with E-state index in [4.69, 9.17) is 27.9 Å². The van der Waals surface area contributed by atoms with E-state index >= 15 is 0 Å². The average molecular weight is 424 g/mol. The number of nitrogens with zero attached hydrogens (tertiary/aromatic N) is 2. The van der Waals surface area contributed by atoms with Crippen molar-refractivity contribution in [2.75, 3.05) is 4.72 Å². The second kappa shape index (κ2) is 8.12. The van der Waals surface area contributed by atoms with E-state index in [1.165, 1.54) is 18.3 Å². The van der Waals surface area contributed by atoms with Gasteiger partial charge < -0.3 is 4.74 Å². The van der Waals surface area contributed by atoms with E-state index in [9.17, 15) is 8.42 Å². The van der Waals surface area contributed by atoms with Crippen molar-refractivity contribution in [2.45, 2.75) is 18.4 Å². The maximum absolute atomic E-state index is 12.5. The minimum atomic E-state index is -3.82. The van der Waals surface area contributed by atoms with Gasteiger partial charge >= 0.3 is 0 Å². The standard InChI is InChI=1S/C18H15Cl2N3O3S/c1-12-8-15(10-22-18(12)20)27(24,25)23-13-5-6-17(16(19)9-13)26-11-14-4-2-3-7-21-14/h2-10,23H,11H2,1H3. The highest BCUT2D eigenvalue weighted by molar-refractivity contribution is 7.92. The van der Waals surface area contributed by atoms with Gasteiger partial charge in [-0.25, -0.2) is 13.4 Å². The lowest BCUT2D eigenvalue weighted by atomic mass is 10.3. The number of ether oxygens (including phenoxy) is 1. The molecule has 0 aliphatic carbocycles. The molecule has 0 atom stereocenters. The maximum Gasteiger partial charge on any atom is 0.263 e. The summed E-state index contributed by atoms with van der Waals surface area (Å²) in [6, 6.07) is 11.6. The highest BCUT2D eigenvalue weighted by Gasteiger charge is 2.17. The molecule has 140 valence electrons. The van der Waals surface area contributed by atoms with Gasteiger partial charge in [0.15, 0.2) is 0 Å². The van der Waals surface area contributed by atoms with E-state index in [-0.39, 0.29) is 21.7 Å². The highest BCUT2D eigenvalue weighted by Crippen LogP contribution is 2.29. The van der Waals surface area contributed by atoms with Crippen LogP contribution in [0.3, 0.4) is 0 Å². The molecule has 0 radical (unpaired) electrons. The van der Waals surface area contributed by atoms with Gasteiger partial charge in [0.1, 0.15) is 22.4 Å². The second-order valence-electron chi connectivity index (χ2n) is 5.64. The van der Waals surface area contributed by atoms with Gasteiger partial charge in [-0.2, -0.15) is 0 Å². The number of hydrogen-bond donors (Lipinski definition) is 1. The third kappa shape index (κ3) is 4.88. The number of anilines is 1. The Bertz CT molecular complexity index is 1060. The third-order valence-electron chi connectivity index (χ3n) is 3.59. The van der Waals surface area contributed by atoms with Crippen molar-refractivity contribution in [3.63, 3.8) is 0 Å². The van der Waals surface area contributed by atoms with Crippen LogP contribution in [0.1, 0.15) is 11.3 Å². The van der Waals surface area contributed by atoms with Crippen LogP contribution in [0.5, 0.6) is 5.75 Å². The Morgan fingerprint density at radius 3 is 2.59 bits per heavy atom. The molecule has 0 unspecified atom stereocenters. The summed E-state index contributed by atoms with van der Waals surface area (Å²) >= 11 is 12.0. The van der Waals surface area contributed by atoms with Gasteiger partial charge in [0.2, 0.25) is 0 Å². The molecule has 27 heavy (non-hydrogen) atoms. The predicted molar refractivity (Wildman–Crippen MR) is 105 cm³/mol. The van der Waals surface area contributed by atoms with E-state index in [1.807, 2.05) is 18.2 Å². The average Bonchev–Trinajstić information content (AvgIpc) is 2.64. The third-order valence-corrected chi connectivity index (χ3v) is 5.62. The molecule has 6 nitrogen and oxygen atoms in total. The predicted octanol–water partition coefficient (Wildman–Crippen LogP) is 4.47. The summed E-state index contributed by atoms with van der Waals surface area (Å²) in [6.45, 7) is 1.93. The molecule has 0 bridgehead atoms. The van der Waals surface area contributed by atoms with Gasteiger partial charge in [0, 0.05) is 12.4 Å². The van der Waals surface area contributed by atoms with Crippen LogP contribution in [-0.4, -0.2) is 18.4 Å². The maximum atomic E-state index is 12.5. The Kier molecular flexibility index (Phi) is 5.84. The summed E-state index contributed by atoms with van der Waals surface area (Å²) in [5.74, 6) is 0.425. The van der Waals surface area contributed by atoms with Gasteiger partial charge in [-0.3, -0.25) is 9.71 Å². The molecule has 0 spiro atoms. The molecule has 2 heterocycles. The lowest BCUT2D eigenvalue weighted by molar-refractivity contribution is 0.301. The first-order chi connectivity index (χ1) is 12.8. The highest BCUT2D eigenvalue weighted by atomic mass is 35.5. The molecule has 2 aromatic heterocycles. The van der Waals surface area contributed by atoms with Crippen LogP contribution in [0.4, 0.5) is 5.69 Å². The zero-order valence-electron chi connectivity index (χ0n) is 14.2. The molecule has 0 saturated carbocycles. The molecule has 3 aromatic rings.